The lowest BCUT2D eigenvalue weighted by Gasteiger charge is -2.04. The molecule has 0 heteroatoms. The average molecular weight is 146 g/mol. The third kappa shape index (κ3) is 1.01. The van der Waals surface area contributed by atoms with Crippen LogP contribution in [-0.4, -0.2) is 0 Å². The molecule has 58 valence electrons. The quantitative estimate of drug-likeness (QED) is 0.461. The zero-order chi connectivity index (χ0) is 8.59. The van der Waals surface area contributed by atoms with E-state index in [1.54, 1.807) is 0 Å². The number of allylic oxidation sites excluding steroid dienone is 4. The van der Waals surface area contributed by atoms with Crippen LogP contribution in [0.5, 0.6) is 0 Å². The van der Waals surface area contributed by atoms with Crippen LogP contribution >= 0.6 is 0 Å². The predicted molar refractivity (Wildman–Crippen MR) is 49.1 cm³/mol. The van der Waals surface area contributed by atoms with Crippen molar-refractivity contribution in [2.24, 2.45) is 5.92 Å². The zero-order valence-electron chi connectivity index (χ0n) is 7.65. The molecule has 1 aliphatic carbocycles. The average Bonchev–Trinajstić information content (AvgIpc) is 2.17. The molecule has 0 heterocycles. The van der Waals surface area contributed by atoms with Crippen LogP contribution in [0.1, 0.15) is 27.7 Å². The molecule has 1 atom stereocenters. The molecule has 0 nitrogen and oxygen atoms in total. The van der Waals surface area contributed by atoms with Crippen molar-refractivity contribution in [3.05, 3.63) is 22.3 Å². The van der Waals surface area contributed by atoms with Crippen molar-refractivity contribution in [3.8, 4) is 12.3 Å². The first kappa shape index (κ1) is 8.14. The van der Waals surface area contributed by atoms with Gasteiger partial charge in [-0.3, -0.25) is 0 Å². The SMILES string of the molecule is C#CC1=C(C)C(C)=C(C)C1C. The van der Waals surface area contributed by atoms with Gasteiger partial charge in [-0.05, 0) is 31.9 Å². The van der Waals surface area contributed by atoms with E-state index in [1.165, 1.54) is 22.3 Å². The summed E-state index contributed by atoms with van der Waals surface area (Å²) in [5, 5.41) is 0. The van der Waals surface area contributed by atoms with Crippen LogP contribution in [0.4, 0.5) is 0 Å². The molecule has 1 unspecified atom stereocenters. The molecule has 0 saturated carbocycles. The lowest BCUT2D eigenvalue weighted by molar-refractivity contribution is 0.844. The van der Waals surface area contributed by atoms with Crippen molar-refractivity contribution < 1.29 is 0 Å². The molecule has 0 aromatic carbocycles. The maximum absolute atomic E-state index is 5.40. The van der Waals surface area contributed by atoms with Crippen molar-refractivity contribution in [3.63, 3.8) is 0 Å². The molecule has 0 aromatic rings. The Kier molecular flexibility index (Phi) is 1.91. The highest BCUT2D eigenvalue weighted by Crippen LogP contribution is 2.35. The van der Waals surface area contributed by atoms with Gasteiger partial charge < -0.3 is 0 Å². The zero-order valence-corrected chi connectivity index (χ0v) is 7.65. The summed E-state index contributed by atoms with van der Waals surface area (Å²) in [4.78, 5) is 0. The second-order valence-electron chi connectivity index (χ2n) is 3.21. The maximum atomic E-state index is 5.40. The summed E-state index contributed by atoms with van der Waals surface area (Å²) in [6, 6.07) is 0. The van der Waals surface area contributed by atoms with Gasteiger partial charge in [0.15, 0.2) is 0 Å². The molecule has 11 heavy (non-hydrogen) atoms. The van der Waals surface area contributed by atoms with E-state index in [4.69, 9.17) is 6.42 Å². The first-order valence-corrected chi connectivity index (χ1v) is 3.94. The second-order valence-corrected chi connectivity index (χ2v) is 3.21. The Morgan fingerprint density at radius 1 is 1.18 bits per heavy atom. The topological polar surface area (TPSA) is 0 Å². The normalized spacial score (nSPS) is 24.5. The summed E-state index contributed by atoms with van der Waals surface area (Å²) >= 11 is 0. The van der Waals surface area contributed by atoms with Gasteiger partial charge in [0.1, 0.15) is 0 Å². The monoisotopic (exact) mass is 146 g/mol. The van der Waals surface area contributed by atoms with Crippen molar-refractivity contribution in [1.29, 1.82) is 0 Å². The van der Waals surface area contributed by atoms with Crippen molar-refractivity contribution in [1.82, 2.24) is 0 Å². The smallest absolute Gasteiger partial charge is 0.0118 e. The van der Waals surface area contributed by atoms with Gasteiger partial charge >= 0.3 is 0 Å². The van der Waals surface area contributed by atoms with Gasteiger partial charge in [-0.1, -0.05) is 18.4 Å². The molecule has 0 fully saturated rings. The van der Waals surface area contributed by atoms with E-state index in [0.29, 0.717) is 5.92 Å². The Morgan fingerprint density at radius 2 is 1.73 bits per heavy atom. The fraction of sp³-hybridized carbons (Fsp3) is 0.455. The fourth-order valence-electron chi connectivity index (χ4n) is 1.60. The number of hydrogen-bond donors (Lipinski definition) is 0. The fourth-order valence-corrected chi connectivity index (χ4v) is 1.60. The number of rotatable bonds is 0. The van der Waals surface area contributed by atoms with Gasteiger partial charge in [-0.25, -0.2) is 0 Å². The minimum absolute atomic E-state index is 0.472. The molecule has 0 spiro atoms. The minimum atomic E-state index is 0.472. The highest BCUT2D eigenvalue weighted by molar-refractivity contribution is 5.53. The van der Waals surface area contributed by atoms with Crippen molar-refractivity contribution >= 4 is 0 Å². The summed E-state index contributed by atoms with van der Waals surface area (Å²) in [7, 11) is 0. The Morgan fingerprint density at radius 3 is 1.91 bits per heavy atom. The van der Waals surface area contributed by atoms with Gasteiger partial charge in [0.05, 0.1) is 0 Å². The first-order chi connectivity index (χ1) is 5.09. The molecular formula is C11H14. The standard InChI is InChI=1S/C11H14/c1-6-11-9(4)7(2)8(3)10(11)5/h1,9H,2-5H3. The van der Waals surface area contributed by atoms with Crippen LogP contribution in [0.15, 0.2) is 22.3 Å². The number of terminal acetylenes is 1. The number of hydrogen-bond acceptors (Lipinski definition) is 0. The third-order valence-corrected chi connectivity index (χ3v) is 2.80. The van der Waals surface area contributed by atoms with Crippen LogP contribution in [0.25, 0.3) is 0 Å². The second kappa shape index (κ2) is 2.58. The van der Waals surface area contributed by atoms with E-state index in [-0.39, 0.29) is 0 Å². The molecule has 0 saturated heterocycles. The summed E-state index contributed by atoms with van der Waals surface area (Å²) < 4.78 is 0. The Hall–Kier alpha value is -0.960. The molecule has 0 bridgehead atoms. The molecular weight excluding hydrogens is 132 g/mol. The molecule has 0 aromatic heterocycles. The van der Waals surface area contributed by atoms with E-state index in [0.717, 1.165) is 0 Å². The van der Waals surface area contributed by atoms with Gasteiger partial charge in [-0.15, -0.1) is 6.42 Å². The summed E-state index contributed by atoms with van der Waals surface area (Å²) in [6.07, 6.45) is 5.40. The molecule has 1 aliphatic rings. The van der Waals surface area contributed by atoms with Crippen LogP contribution in [0.3, 0.4) is 0 Å². The van der Waals surface area contributed by atoms with E-state index in [1.807, 2.05) is 0 Å². The Balaban J connectivity index is 3.18. The molecule has 0 radical (unpaired) electrons. The third-order valence-electron chi connectivity index (χ3n) is 2.80. The largest absolute Gasteiger partial charge is 0.115 e. The molecule has 1 rings (SSSR count). The lowest BCUT2D eigenvalue weighted by atomic mass is 9.99. The van der Waals surface area contributed by atoms with E-state index in [9.17, 15) is 0 Å². The molecule has 0 amide bonds. The van der Waals surface area contributed by atoms with E-state index < -0.39 is 0 Å². The summed E-state index contributed by atoms with van der Waals surface area (Å²) in [5.41, 5.74) is 5.28. The van der Waals surface area contributed by atoms with Crippen LogP contribution in [0.2, 0.25) is 0 Å². The first-order valence-electron chi connectivity index (χ1n) is 3.94. The van der Waals surface area contributed by atoms with Crippen LogP contribution < -0.4 is 0 Å². The molecule has 0 N–H and O–H groups in total. The van der Waals surface area contributed by atoms with E-state index >= 15 is 0 Å². The lowest BCUT2D eigenvalue weighted by Crippen LogP contribution is -1.94. The van der Waals surface area contributed by atoms with Gasteiger partial charge in [0.25, 0.3) is 0 Å². The predicted octanol–water partition coefficient (Wildman–Crippen LogP) is 2.92. The minimum Gasteiger partial charge on any atom is -0.115 e. The maximum Gasteiger partial charge on any atom is 0.0118 e. The van der Waals surface area contributed by atoms with Crippen LogP contribution in [0, 0.1) is 18.3 Å². The Bertz CT molecular complexity index is 282. The Labute approximate surface area is 69.0 Å². The van der Waals surface area contributed by atoms with Gasteiger partial charge in [0.2, 0.25) is 0 Å². The van der Waals surface area contributed by atoms with Gasteiger partial charge in [-0.2, -0.15) is 0 Å². The summed E-state index contributed by atoms with van der Waals surface area (Å²) in [5.74, 6) is 3.23. The summed E-state index contributed by atoms with van der Waals surface area (Å²) in [6.45, 7) is 8.58. The van der Waals surface area contributed by atoms with Gasteiger partial charge in [0, 0.05) is 11.5 Å². The van der Waals surface area contributed by atoms with E-state index in [2.05, 4.69) is 33.6 Å². The highest BCUT2D eigenvalue weighted by Gasteiger charge is 2.21. The molecule has 0 aliphatic heterocycles. The van der Waals surface area contributed by atoms with Crippen LogP contribution in [-0.2, 0) is 0 Å². The van der Waals surface area contributed by atoms with Crippen molar-refractivity contribution in [2.45, 2.75) is 27.7 Å². The van der Waals surface area contributed by atoms with Crippen molar-refractivity contribution in [2.75, 3.05) is 0 Å². The highest BCUT2D eigenvalue weighted by atomic mass is 14.2.